The number of aromatic nitrogens is 2. The van der Waals surface area contributed by atoms with E-state index in [-0.39, 0.29) is 6.04 Å². The summed E-state index contributed by atoms with van der Waals surface area (Å²) in [6.07, 6.45) is 4.01. The molecule has 2 heterocycles. The van der Waals surface area contributed by atoms with Crippen molar-refractivity contribution in [2.75, 3.05) is 53.9 Å². The van der Waals surface area contributed by atoms with Crippen LogP contribution in [0.25, 0.3) is 0 Å². The molecule has 1 aliphatic rings. The van der Waals surface area contributed by atoms with Crippen molar-refractivity contribution in [2.45, 2.75) is 12.6 Å². The van der Waals surface area contributed by atoms with Gasteiger partial charge in [0.1, 0.15) is 0 Å². The maximum absolute atomic E-state index is 5.99. The van der Waals surface area contributed by atoms with Crippen molar-refractivity contribution in [3.8, 4) is 0 Å². The molecule has 1 unspecified atom stereocenters. The summed E-state index contributed by atoms with van der Waals surface area (Å²) in [6.45, 7) is 5.71. The number of aliphatic imine (C=N–C) groups is 1. The minimum Gasteiger partial charge on any atom is -0.354 e. The van der Waals surface area contributed by atoms with E-state index in [0.29, 0.717) is 0 Å². The molecule has 29 heavy (non-hydrogen) atoms. The quantitative estimate of drug-likeness (QED) is 0.576. The lowest BCUT2D eigenvalue weighted by Gasteiger charge is -2.37. The predicted octanol–water partition coefficient (Wildman–Crippen LogP) is 2.07. The van der Waals surface area contributed by atoms with E-state index in [0.717, 1.165) is 50.3 Å². The minimum absolute atomic E-state index is 0.242. The molecular weight excluding hydrogens is 386 g/mol. The number of guanidine groups is 1. The highest BCUT2D eigenvalue weighted by Crippen LogP contribution is 2.17. The van der Waals surface area contributed by atoms with Gasteiger partial charge in [-0.15, -0.1) is 0 Å². The van der Waals surface area contributed by atoms with Crippen LogP contribution in [0.15, 0.2) is 41.7 Å². The summed E-state index contributed by atoms with van der Waals surface area (Å²) < 4.78 is 1.85. The molecule has 0 saturated carbocycles. The summed E-state index contributed by atoms with van der Waals surface area (Å²) in [5.74, 6) is 0.965. The van der Waals surface area contributed by atoms with Crippen LogP contribution >= 0.6 is 11.6 Å². The summed E-state index contributed by atoms with van der Waals surface area (Å²) in [7, 11) is 8.00. The van der Waals surface area contributed by atoms with Crippen molar-refractivity contribution in [1.29, 1.82) is 0 Å². The van der Waals surface area contributed by atoms with Gasteiger partial charge in [-0.25, -0.2) is 0 Å². The molecule has 0 amide bonds. The molecule has 0 spiro atoms. The molecule has 1 fully saturated rings. The number of rotatable bonds is 6. The number of nitrogens with one attached hydrogen (secondary N) is 1. The third-order valence-electron chi connectivity index (χ3n) is 5.39. The van der Waals surface area contributed by atoms with E-state index in [9.17, 15) is 0 Å². The van der Waals surface area contributed by atoms with Gasteiger partial charge in [-0.05, 0) is 31.8 Å². The summed E-state index contributed by atoms with van der Waals surface area (Å²) in [5.41, 5.74) is 2.50. The lowest BCUT2D eigenvalue weighted by Crippen LogP contribution is -2.53. The fourth-order valence-corrected chi connectivity index (χ4v) is 3.82. The summed E-state index contributed by atoms with van der Waals surface area (Å²) in [4.78, 5) is 11.5. The molecule has 1 aliphatic heterocycles. The average Bonchev–Trinajstić information content (AvgIpc) is 3.13. The van der Waals surface area contributed by atoms with E-state index in [1.54, 1.807) is 0 Å². The molecule has 1 atom stereocenters. The monoisotopic (exact) mass is 417 g/mol. The Kier molecular flexibility index (Phi) is 7.52. The largest absolute Gasteiger partial charge is 0.354 e. The number of hydrogen-bond acceptors (Lipinski definition) is 4. The molecule has 1 saturated heterocycles. The first kappa shape index (κ1) is 21.6. The van der Waals surface area contributed by atoms with Crippen LogP contribution in [-0.4, -0.2) is 84.3 Å². The molecular formula is C21H32ClN7. The first-order valence-corrected chi connectivity index (χ1v) is 10.4. The fraction of sp³-hybridized carbons (Fsp3) is 0.524. The molecule has 158 valence electrons. The van der Waals surface area contributed by atoms with Crippen LogP contribution in [0.1, 0.15) is 17.2 Å². The molecule has 1 aromatic carbocycles. The van der Waals surface area contributed by atoms with Crippen LogP contribution in [0.5, 0.6) is 0 Å². The van der Waals surface area contributed by atoms with Crippen LogP contribution in [0.2, 0.25) is 5.02 Å². The summed E-state index contributed by atoms with van der Waals surface area (Å²) in [6, 6.07) is 8.38. The van der Waals surface area contributed by atoms with E-state index >= 15 is 0 Å². The van der Waals surface area contributed by atoms with Crippen LogP contribution in [-0.2, 0) is 13.6 Å². The van der Waals surface area contributed by atoms with Crippen molar-refractivity contribution < 1.29 is 0 Å². The molecule has 3 rings (SSSR count). The van der Waals surface area contributed by atoms with Crippen LogP contribution in [0.3, 0.4) is 0 Å². The Hall–Kier alpha value is -2.09. The van der Waals surface area contributed by atoms with Gasteiger partial charge in [-0.1, -0.05) is 23.7 Å². The Balaban J connectivity index is 1.51. The molecule has 0 aliphatic carbocycles. The molecule has 0 bridgehead atoms. The lowest BCUT2D eigenvalue weighted by atomic mass is 10.1. The van der Waals surface area contributed by atoms with E-state index in [2.05, 4.69) is 62.5 Å². The van der Waals surface area contributed by atoms with E-state index in [1.165, 1.54) is 11.1 Å². The maximum atomic E-state index is 5.99. The first-order chi connectivity index (χ1) is 14.0. The standard InChI is InChI=1S/C21H32ClN7/c1-23-21(24-14-20(26(2)3)18-13-25-27(4)16-18)29-11-9-28(10-12-29)15-17-5-7-19(22)8-6-17/h5-8,13,16,20H,9-12,14-15H2,1-4H3,(H,23,24). The highest BCUT2D eigenvalue weighted by molar-refractivity contribution is 6.30. The molecule has 0 radical (unpaired) electrons. The van der Waals surface area contributed by atoms with E-state index in [1.807, 2.05) is 37.1 Å². The van der Waals surface area contributed by atoms with Gasteiger partial charge in [-0.3, -0.25) is 14.6 Å². The second kappa shape index (κ2) is 10.1. The van der Waals surface area contributed by atoms with Crippen LogP contribution in [0.4, 0.5) is 0 Å². The summed E-state index contributed by atoms with van der Waals surface area (Å²) >= 11 is 5.99. The van der Waals surface area contributed by atoms with Gasteiger partial charge in [0.15, 0.2) is 5.96 Å². The summed E-state index contributed by atoms with van der Waals surface area (Å²) in [5, 5.41) is 8.66. The smallest absolute Gasteiger partial charge is 0.193 e. The molecule has 1 aromatic heterocycles. The Bertz CT molecular complexity index is 792. The number of halogens is 1. The Labute approximate surface area is 178 Å². The predicted molar refractivity (Wildman–Crippen MR) is 119 cm³/mol. The van der Waals surface area contributed by atoms with Gasteiger partial charge >= 0.3 is 0 Å². The van der Waals surface area contributed by atoms with Gasteiger partial charge in [0.25, 0.3) is 0 Å². The van der Waals surface area contributed by atoms with Crippen molar-refractivity contribution in [3.05, 3.63) is 52.8 Å². The van der Waals surface area contributed by atoms with Crippen molar-refractivity contribution >= 4 is 17.6 Å². The third kappa shape index (κ3) is 5.95. The average molecular weight is 418 g/mol. The number of hydrogen-bond donors (Lipinski definition) is 1. The van der Waals surface area contributed by atoms with Gasteiger partial charge in [0, 0.05) is 70.1 Å². The Morgan fingerprint density at radius 2 is 1.90 bits per heavy atom. The number of likely N-dealkylation sites (N-methyl/N-ethyl adjacent to an activating group) is 1. The number of piperazine rings is 1. The highest BCUT2D eigenvalue weighted by atomic mass is 35.5. The minimum atomic E-state index is 0.242. The number of aryl methyl sites for hydroxylation is 1. The molecule has 7 nitrogen and oxygen atoms in total. The molecule has 8 heteroatoms. The number of nitrogens with zero attached hydrogens (tertiary/aromatic N) is 6. The molecule has 1 N–H and O–H groups in total. The van der Waals surface area contributed by atoms with E-state index < -0.39 is 0 Å². The second-order valence-electron chi connectivity index (χ2n) is 7.74. The Morgan fingerprint density at radius 1 is 1.21 bits per heavy atom. The zero-order chi connectivity index (χ0) is 20.8. The SMILES string of the molecule is CN=C(NCC(c1cnn(C)c1)N(C)C)N1CCN(Cc2ccc(Cl)cc2)CC1. The van der Waals surface area contributed by atoms with Crippen molar-refractivity contribution in [3.63, 3.8) is 0 Å². The van der Waals surface area contributed by atoms with Crippen LogP contribution in [0, 0.1) is 0 Å². The third-order valence-corrected chi connectivity index (χ3v) is 5.64. The normalized spacial score (nSPS) is 17.0. The van der Waals surface area contributed by atoms with Crippen LogP contribution < -0.4 is 5.32 Å². The lowest BCUT2D eigenvalue weighted by molar-refractivity contribution is 0.171. The van der Waals surface area contributed by atoms with Crippen molar-refractivity contribution in [1.82, 2.24) is 29.8 Å². The van der Waals surface area contributed by atoms with E-state index in [4.69, 9.17) is 11.6 Å². The van der Waals surface area contributed by atoms with Crippen molar-refractivity contribution in [2.24, 2.45) is 12.0 Å². The van der Waals surface area contributed by atoms with Gasteiger partial charge in [0.2, 0.25) is 0 Å². The Morgan fingerprint density at radius 3 is 2.45 bits per heavy atom. The van der Waals surface area contributed by atoms with Gasteiger partial charge in [-0.2, -0.15) is 5.10 Å². The zero-order valence-electron chi connectivity index (χ0n) is 17.8. The fourth-order valence-electron chi connectivity index (χ4n) is 3.70. The second-order valence-corrected chi connectivity index (χ2v) is 8.18. The zero-order valence-corrected chi connectivity index (χ0v) is 18.6. The highest BCUT2D eigenvalue weighted by Gasteiger charge is 2.22. The molecule has 2 aromatic rings. The van der Waals surface area contributed by atoms with Gasteiger partial charge in [0.05, 0.1) is 12.2 Å². The maximum Gasteiger partial charge on any atom is 0.193 e. The first-order valence-electron chi connectivity index (χ1n) is 10.0. The number of benzene rings is 1. The van der Waals surface area contributed by atoms with Gasteiger partial charge < -0.3 is 15.1 Å². The topological polar surface area (TPSA) is 51.9 Å².